The lowest BCUT2D eigenvalue weighted by atomic mass is 9.98. The van der Waals surface area contributed by atoms with Crippen LogP contribution in [0.15, 0.2) is 83.7 Å². The van der Waals surface area contributed by atoms with Crippen LogP contribution in [-0.2, 0) is 25.7 Å². The number of nitrogens with one attached hydrogen (secondary N) is 3. The summed E-state index contributed by atoms with van der Waals surface area (Å²) in [5.74, 6) is -3.63. The highest BCUT2D eigenvalue weighted by molar-refractivity contribution is 6.00. The van der Waals surface area contributed by atoms with Gasteiger partial charge < -0.3 is 30.0 Å². The smallest absolute Gasteiger partial charge is 0.286 e. The Kier molecular flexibility index (Phi) is 13.3. The summed E-state index contributed by atoms with van der Waals surface area (Å²) in [6, 6.07) is 14.4. The third-order valence-electron chi connectivity index (χ3n) is 9.14. The number of Topliss-reactive ketones (excluding diaryl/α,β-unsaturated/α-hetero) is 1. The molecule has 0 bridgehead atoms. The number of carbonyl (C=O) groups is 5. The molecule has 3 heterocycles. The zero-order valence-electron chi connectivity index (χ0n) is 31.0. The Morgan fingerprint density at radius 2 is 1.56 bits per heavy atom. The lowest BCUT2D eigenvalue weighted by Gasteiger charge is -2.32. The highest BCUT2D eigenvalue weighted by Gasteiger charge is 2.44. The zero-order valence-corrected chi connectivity index (χ0v) is 31.0. The maximum atomic E-state index is 14.4. The van der Waals surface area contributed by atoms with Crippen LogP contribution in [0, 0.1) is 11.8 Å². The fourth-order valence-corrected chi connectivity index (χ4v) is 6.09. The molecule has 2 aromatic heterocycles. The highest BCUT2D eigenvalue weighted by atomic mass is 16.5. The second-order valence-corrected chi connectivity index (χ2v) is 13.8. The van der Waals surface area contributed by atoms with Crippen LogP contribution < -0.4 is 16.0 Å². The molecule has 5 atom stereocenters. The van der Waals surface area contributed by atoms with Crippen molar-refractivity contribution in [3.8, 4) is 11.5 Å². The van der Waals surface area contributed by atoms with Crippen LogP contribution in [0.25, 0.3) is 11.5 Å². The number of rotatable bonds is 16. The van der Waals surface area contributed by atoms with Gasteiger partial charge in [-0.05, 0) is 36.0 Å². The minimum absolute atomic E-state index is 0.0412. The number of aromatic nitrogens is 4. The van der Waals surface area contributed by atoms with Crippen LogP contribution in [0.3, 0.4) is 0 Å². The van der Waals surface area contributed by atoms with Crippen LogP contribution in [-0.4, -0.2) is 91.3 Å². The topological polar surface area (TPSA) is 199 Å². The summed E-state index contributed by atoms with van der Waals surface area (Å²) in [5, 5.41) is 16.3. The average molecular weight is 739 g/mol. The van der Waals surface area contributed by atoms with Crippen LogP contribution in [0.5, 0.6) is 0 Å². The number of ether oxygens (including phenoxy) is 1. The minimum atomic E-state index is -1.06. The monoisotopic (exact) mass is 738 g/mol. The van der Waals surface area contributed by atoms with Crippen molar-refractivity contribution in [1.82, 2.24) is 41.0 Å². The molecule has 15 nitrogen and oxygen atoms in total. The van der Waals surface area contributed by atoms with E-state index in [4.69, 9.17) is 9.15 Å². The lowest BCUT2D eigenvalue weighted by molar-refractivity contribution is -0.143. The van der Waals surface area contributed by atoms with E-state index in [0.29, 0.717) is 5.56 Å². The van der Waals surface area contributed by atoms with Gasteiger partial charge in [0.25, 0.3) is 11.8 Å². The Morgan fingerprint density at radius 1 is 0.870 bits per heavy atom. The lowest BCUT2D eigenvalue weighted by Crippen LogP contribution is -2.59. The van der Waals surface area contributed by atoms with Gasteiger partial charge in [0.2, 0.25) is 29.4 Å². The van der Waals surface area contributed by atoms with Crippen LogP contribution >= 0.6 is 0 Å². The molecular formula is C39H46N8O7. The summed E-state index contributed by atoms with van der Waals surface area (Å²) in [4.78, 5) is 77.9. The molecule has 0 unspecified atom stereocenters. The third kappa shape index (κ3) is 9.77. The number of likely N-dealkylation sites (tertiary alicyclic amines) is 1. The Hall–Kier alpha value is -5.83. The molecule has 0 spiro atoms. The van der Waals surface area contributed by atoms with Crippen LogP contribution in [0.1, 0.15) is 74.2 Å². The molecule has 0 saturated carbocycles. The Balaban J connectivity index is 1.34. The van der Waals surface area contributed by atoms with Gasteiger partial charge in [0.15, 0.2) is 0 Å². The van der Waals surface area contributed by atoms with E-state index in [0.717, 1.165) is 5.56 Å². The molecule has 1 fully saturated rings. The first-order chi connectivity index (χ1) is 26.0. The van der Waals surface area contributed by atoms with Gasteiger partial charge in [-0.1, -0.05) is 83.1 Å². The largest absolute Gasteiger partial charge is 0.414 e. The Bertz CT molecular complexity index is 1890. The molecule has 1 saturated heterocycles. The van der Waals surface area contributed by atoms with Crippen molar-refractivity contribution in [1.29, 1.82) is 0 Å². The van der Waals surface area contributed by atoms with E-state index in [-0.39, 0.29) is 49.4 Å². The van der Waals surface area contributed by atoms with Gasteiger partial charge in [-0.15, -0.1) is 10.2 Å². The molecule has 0 aliphatic carbocycles. The van der Waals surface area contributed by atoms with Crippen molar-refractivity contribution in [2.24, 2.45) is 11.8 Å². The summed E-state index contributed by atoms with van der Waals surface area (Å²) in [6.07, 6.45) is 3.93. The predicted octanol–water partition coefficient (Wildman–Crippen LogP) is 3.39. The standard InChI is InChI=1S/C39H46N8O7/c1-6-28(33(48)38-46-45-37(54-38)26-15-11-8-12-16-26)42-35(50)30-19-27(53-22-25-13-9-7-10-14-25)21-47(30)39(52)32(24(4)5)44-36(51)31(23(2)3)43-34(49)29-20-40-17-18-41-29/h7-18,20,23-24,27-28,30-32H,6,19,21-22H2,1-5H3,(H,42,50)(H,43,49)(H,44,51)/t27-,28+,30+,31+,32+/m1/s1. The number of hydrogen-bond acceptors (Lipinski definition) is 11. The van der Waals surface area contributed by atoms with Gasteiger partial charge in [0, 0.05) is 30.9 Å². The van der Waals surface area contributed by atoms with E-state index < -0.39 is 65.6 Å². The average Bonchev–Trinajstić information content (AvgIpc) is 3.86. The Morgan fingerprint density at radius 3 is 2.19 bits per heavy atom. The van der Waals surface area contributed by atoms with Crippen molar-refractivity contribution in [2.75, 3.05) is 6.54 Å². The second-order valence-electron chi connectivity index (χ2n) is 13.8. The molecule has 2 aromatic carbocycles. The van der Waals surface area contributed by atoms with E-state index in [1.54, 1.807) is 58.9 Å². The molecule has 1 aliphatic heterocycles. The molecule has 0 radical (unpaired) electrons. The first-order valence-electron chi connectivity index (χ1n) is 18.0. The van der Waals surface area contributed by atoms with Gasteiger partial charge in [-0.3, -0.25) is 29.0 Å². The number of benzene rings is 2. The number of carbonyl (C=O) groups excluding carboxylic acids is 5. The molecular weight excluding hydrogens is 692 g/mol. The summed E-state index contributed by atoms with van der Waals surface area (Å²) in [6.45, 7) is 9.15. The maximum Gasteiger partial charge on any atom is 0.286 e. The highest BCUT2D eigenvalue weighted by Crippen LogP contribution is 2.25. The normalized spacial score (nSPS) is 17.1. The van der Waals surface area contributed by atoms with E-state index in [1.165, 1.54) is 23.5 Å². The van der Waals surface area contributed by atoms with E-state index >= 15 is 0 Å². The van der Waals surface area contributed by atoms with Crippen molar-refractivity contribution >= 4 is 29.4 Å². The number of nitrogens with zero attached hydrogens (tertiary/aromatic N) is 5. The van der Waals surface area contributed by atoms with Gasteiger partial charge in [-0.2, -0.15) is 0 Å². The second kappa shape index (κ2) is 18.3. The quantitative estimate of drug-likeness (QED) is 0.143. The molecule has 54 heavy (non-hydrogen) atoms. The minimum Gasteiger partial charge on any atom is -0.414 e. The summed E-state index contributed by atoms with van der Waals surface area (Å²) < 4.78 is 11.9. The molecule has 284 valence electrons. The van der Waals surface area contributed by atoms with Crippen molar-refractivity contribution in [3.05, 3.63) is 96.4 Å². The SMILES string of the molecule is CC[C@H](NC(=O)[C@@H]1C[C@@H](OCc2ccccc2)CN1C(=O)[C@@H](NC(=O)[C@@H](NC(=O)c1cnccn1)C(C)C)C(C)C)C(=O)c1nnc(-c2ccccc2)o1. The molecule has 4 amide bonds. The van der Waals surface area contributed by atoms with Crippen LogP contribution in [0.2, 0.25) is 0 Å². The molecule has 3 N–H and O–H groups in total. The van der Waals surface area contributed by atoms with Gasteiger partial charge in [-0.25, -0.2) is 4.98 Å². The summed E-state index contributed by atoms with van der Waals surface area (Å²) in [7, 11) is 0. The fourth-order valence-electron chi connectivity index (χ4n) is 6.09. The number of ketones is 1. The molecule has 1 aliphatic rings. The van der Waals surface area contributed by atoms with E-state index in [1.807, 2.05) is 36.4 Å². The maximum absolute atomic E-state index is 14.4. The van der Waals surface area contributed by atoms with Crippen LogP contribution in [0.4, 0.5) is 0 Å². The van der Waals surface area contributed by atoms with Gasteiger partial charge >= 0.3 is 0 Å². The first-order valence-corrected chi connectivity index (χ1v) is 18.0. The predicted molar refractivity (Wildman–Crippen MR) is 196 cm³/mol. The molecule has 4 aromatic rings. The van der Waals surface area contributed by atoms with E-state index in [2.05, 4.69) is 36.1 Å². The van der Waals surface area contributed by atoms with Gasteiger partial charge in [0.1, 0.15) is 23.8 Å². The summed E-state index contributed by atoms with van der Waals surface area (Å²) >= 11 is 0. The number of hydrogen-bond donors (Lipinski definition) is 3. The van der Waals surface area contributed by atoms with E-state index in [9.17, 15) is 24.0 Å². The van der Waals surface area contributed by atoms with Gasteiger partial charge in [0.05, 0.1) is 24.9 Å². The zero-order chi connectivity index (χ0) is 38.8. The summed E-state index contributed by atoms with van der Waals surface area (Å²) in [5.41, 5.74) is 1.60. The number of amides is 4. The van der Waals surface area contributed by atoms with Crippen molar-refractivity contribution < 1.29 is 33.1 Å². The van der Waals surface area contributed by atoms with Crippen molar-refractivity contribution in [2.45, 2.75) is 84.3 Å². The third-order valence-corrected chi connectivity index (χ3v) is 9.14. The first kappa shape index (κ1) is 39.4. The fraction of sp³-hybridized carbons (Fsp3) is 0.410. The van der Waals surface area contributed by atoms with Crippen molar-refractivity contribution in [3.63, 3.8) is 0 Å². The Labute approximate surface area is 313 Å². The molecule has 5 rings (SSSR count). The molecule has 15 heteroatoms.